The summed E-state index contributed by atoms with van der Waals surface area (Å²) in [5, 5.41) is 0. The van der Waals surface area contributed by atoms with Gasteiger partial charge in [-0.05, 0) is 25.9 Å². The van der Waals surface area contributed by atoms with Crippen LogP contribution >= 0.6 is 0 Å². The van der Waals surface area contributed by atoms with Crippen LogP contribution in [0.5, 0.6) is 0 Å². The maximum absolute atomic E-state index is 11.7. The predicted molar refractivity (Wildman–Crippen MR) is 56.0 cm³/mol. The summed E-state index contributed by atoms with van der Waals surface area (Å²) in [6.45, 7) is 8.40. The molecule has 1 unspecified atom stereocenters. The molecule has 2 heterocycles. The summed E-state index contributed by atoms with van der Waals surface area (Å²) in [5.74, 6) is 0.484. The SMILES string of the molecule is CC(C)C(=O)N1CCC(N2CCC2)C1. The Bertz CT molecular complexity index is 223. The summed E-state index contributed by atoms with van der Waals surface area (Å²) in [6.07, 6.45) is 2.52. The Morgan fingerprint density at radius 1 is 1.29 bits per heavy atom. The van der Waals surface area contributed by atoms with Crippen molar-refractivity contribution in [3.8, 4) is 0 Å². The van der Waals surface area contributed by atoms with Crippen molar-refractivity contribution >= 4 is 5.91 Å². The second kappa shape index (κ2) is 3.89. The minimum Gasteiger partial charge on any atom is -0.341 e. The van der Waals surface area contributed by atoms with Crippen molar-refractivity contribution in [3.63, 3.8) is 0 Å². The predicted octanol–water partition coefficient (Wildman–Crippen LogP) is 0.949. The number of amides is 1. The zero-order valence-corrected chi connectivity index (χ0v) is 9.20. The van der Waals surface area contributed by atoms with E-state index in [1.807, 2.05) is 18.7 Å². The zero-order valence-electron chi connectivity index (χ0n) is 9.20. The summed E-state index contributed by atoms with van der Waals surface area (Å²) < 4.78 is 0. The molecule has 80 valence electrons. The molecule has 3 heteroatoms. The average Bonchev–Trinajstić information content (AvgIpc) is 2.48. The highest BCUT2D eigenvalue weighted by Crippen LogP contribution is 2.21. The summed E-state index contributed by atoms with van der Waals surface area (Å²) in [7, 11) is 0. The van der Waals surface area contributed by atoms with Crippen molar-refractivity contribution in [2.45, 2.75) is 32.7 Å². The quantitative estimate of drug-likeness (QED) is 0.656. The van der Waals surface area contributed by atoms with Crippen molar-refractivity contribution in [1.82, 2.24) is 9.80 Å². The fraction of sp³-hybridized carbons (Fsp3) is 0.909. The third-order valence-corrected chi connectivity index (χ3v) is 3.38. The van der Waals surface area contributed by atoms with Crippen LogP contribution in [0.4, 0.5) is 0 Å². The van der Waals surface area contributed by atoms with Gasteiger partial charge in [-0.3, -0.25) is 9.69 Å². The number of likely N-dealkylation sites (tertiary alicyclic amines) is 2. The van der Waals surface area contributed by atoms with Gasteiger partial charge in [-0.1, -0.05) is 13.8 Å². The first-order valence-electron chi connectivity index (χ1n) is 5.71. The van der Waals surface area contributed by atoms with Crippen LogP contribution in [0.25, 0.3) is 0 Å². The van der Waals surface area contributed by atoms with E-state index in [2.05, 4.69) is 4.90 Å². The molecule has 0 aliphatic carbocycles. The normalized spacial score (nSPS) is 28.2. The summed E-state index contributed by atoms with van der Waals surface area (Å²) >= 11 is 0. The molecule has 2 aliphatic heterocycles. The highest BCUT2D eigenvalue weighted by Gasteiger charge is 2.33. The molecule has 2 aliphatic rings. The monoisotopic (exact) mass is 196 g/mol. The minimum atomic E-state index is 0.158. The van der Waals surface area contributed by atoms with Crippen LogP contribution < -0.4 is 0 Å². The van der Waals surface area contributed by atoms with Crippen LogP contribution in [-0.4, -0.2) is 47.9 Å². The first-order valence-corrected chi connectivity index (χ1v) is 5.71. The van der Waals surface area contributed by atoms with E-state index >= 15 is 0 Å². The maximum Gasteiger partial charge on any atom is 0.225 e. The lowest BCUT2D eigenvalue weighted by Gasteiger charge is -2.36. The fourth-order valence-corrected chi connectivity index (χ4v) is 2.31. The van der Waals surface area contributed by atoms with Gasteiger partial charge in [0, 0.05) is 25.0 Å². The standard InChI is InChI=1S/C11H20N2O/c1-9(2)11(14)13-7-4-10(8-13)12-5-3-6-12/h9-10H,3-8H2,1-2H3. The van der Waals surface area contributed by atoms with Gasteiger partial charge in [0.25, 0.3) is 0 Å². The molecule has 3 nitrogen and oxygen atoms in total. The lowest BCUT2D eigenvalue weighted by Crippen LogP contribution is -2.47. The Labute approximate surface area is 86.1 Å². The molecular weight excluding hydrogens is 176 g/mol. The molecule has 0 aromatic heterocycles. The first-order chi connectivity index (χ1) is 6.68. The second-order valence-corrected chi connectivity index (χ2v) is 4.77. The lowest BCUT2D eigenvalue weighted by atomic mass is 10.1. The van der Waals surface area contributed by atoms with Crippen molar-refractivity contribution in [3.05, 3.63) is 0 Å². The number of hydrogen-bond donors (Lipinski definition) is 0. The maximum atomic E-state index is 11.7. The molecule has 0 bridgehead atoms. The van der Waals surface area contributed by atoms with E-state index in [0.29, 0.717) is 11.9 Å². The van der Waals surface area contributed by atoms with Crippen LogP contribution in [0.15, 0.2) is 0 Å². The molecule has 14 heavy (non-hydrogen) atoms. The Morgan fingerprint density at radius 3 is 2.50 bits per heavy atom. The van der Waals surface area contributed by atoms with Gasteiger partial charge in [-0.2, -0.15) is 0 Å². The molecule has 0 aromatic carbocycles. The third kappa shape index (κ3) is 1.78. The van der Waals surface area contributed by atoms with Gasteiger partial charge in [-0.25, -0.2) is 0 Å². The summed E-state index contributed by atoms with van der Waals surface area (Å²) in [5.41, 5.74) is 0. The number of hydrogen-bond acceptors (Lipinski definition) is 2. The van der Waals surface area contributed by atoms with Crippen molar-refractivity contribution in [2.75, 3.05) is 26.2 Å². The topological polar surface area (TPSA) is 23.6 Å². The molecule has 0 spiro atoms. The van der Waals surface area contributed by atoms with E-state index < -0.39 is 0 Å². The average molecular weight is 196 g/mol. The molecule has 0 saturated carbocycles. The summed E-state index contributed by atoms with van der Waals surface area (Å²) in [6, 6.07) is 0.659. The molecule has 0 radical (unpaired) electrons. The van der Waals surface area contributed by atoms with Crippen LogP contribution in [0.1, 0.15) is 26.7 Å². The van der Waals surface area contributed by atoms with Gasteiger partial charge < -0.3 is 4.90 Å². The molecular formula is C11H20N2O. The van der Waals surface area contributed by atoms with E-state index in [1.165, 1.54) is 25.9 Å². The Hall–Kier alpha value is -0.570. The van der Waals surface area contributed by atoms with Gasteiger partial charge in [-0.15, -0.1) is 0 Å². The first kappa shape index (κ1) is 9.97. The number of carbonyl (C=O) groups is 1. The zero-order chi connectivity index (χ0) is 10.1. The van der Waals surface area contributed by atoms with Crippen LogP contribution in [-0.2, 0) is 4.79 Å². The van der Waals surface area contributed by atoms with E-state index in [-0.39, 0.29) is 5.92 Å². The molecule has 0 aromatic rings. The molecule has 2 fully saturated rings. The summed E-state index contributed by atoms with van der Waals surface area (Å²) in [4.78, 5) is 16.3. The number of nitrogens with zero attached hydrogens (tertiary/aromatic N) is 2. The largest absolute Gasteiger partial charge is 0.341 e. The Kier molecular flexibility index (Phi) is 2.77. The van der Waals surface area contributed by atoms with E-state index in [0.717, 1.165) is 13.1 Å². The van der Waals surface area contributed by atoms with E-state index in [1.54, 1.807) is 0 Å². The van der Waals surface area contributed by atoms with Crippen LogP contribution in [0.3, 0.4) is 0 Å². The second-order valence-electron chi connectivity index (χ2n) is 4.77. The number of rotatable bonds is 2. The van der Waals surface area contributed by atoms with Crippen molar-refractivity contribution < 1.29 is 4.79 Å². The van der Waals surface area contributed by atoms with E-state index in [9.17, 15) is 4.79 Å². The van der Waals surface area contributed by atoms with Crippen LogP contribution in [0, 0.1) is 5.92 Å². The fourth-order valence-electron chi connectivity index (χ4n) is 2.31. The molecule has 1 amide bonds. The molecule has 1 atom stereocenters. The van der Waals surface area contributed by atoms with Gasteiger partial charge >= 0.3 is 0 Å². The lowest BCUT2D eigenvalue weighted by molar-refractivity contribution is -0.133. The van der Waals surface area contributed by atoms with Crippen molar-refractivity contribution in [1.29, 1.82) is 0 Å². The minimum absolute atomic E-state index is 0.158. The smallest absolute Gasteiger partial charge is 0.225 e. The van der Waals surface area contributed by atoms with Crippen LogP contribution in [0.2, 0.25) is 0 Å². The number of carbonyl (C=O) groups excluding carboxylic acids is 1. The molecule has 2 saturated heterocycles. The third-order valence-electron chi connectivity index (χ3n) is 3.38. The molecule has 2 rings (SSSR count). The Morgan fingerprint density at radius 2 is 2.00 bits per heavy atom. The van der Waals surface area contributed by atoms with Gasteiger partial charge in [0.2, 0.25) is 5.91 Å². The van der Waals surface area contributed by atoms with Gasteiger partial charge in [0.15, 0.2) is 0 Å². The highest BCUT2D eigenvalue weighted by atomic mass is 16.2. The van der Waals surface area contributed by atoms with Crippen molar-refractivity contribution in [2.24, 2.45) is 5.92 Å². The Balaban J connectivity index is 1.84. The molecule has 0 N–H and O–H groups in total. The highest BCUT2D eigenvalue weighted by molar-refractivity contribution is 5.78. The van der Waals surface area contributed by atoms with Gasteiger partial charge in [0.05, 0.1) is 0 Å². The van der Waals surface area contributed by atoms with E-state index in [4.69, 9.17) is 0 Å². The van der Waals surface area contributed by atoms with Gasteiger partial charge in [0.1, 0.15) is 0 Å².